The standard InChI is InChI=1S/C11H16Cl2N2O2S/c1-3-4-5-15(2)18(16,17)11-9(13)6-8(12)7-10(11)14/h6-7H,3-5,14H2,1-2H3. The minimum absolute atomic E-state index is 0.0448. The Labute approximate surface area is 118 Å². The highest BCUT2D eigenvalue weighted by atomic mass is 35.5. The van der Waals surface area contributed by atoms with Gasteiger partial charge in [0.1, 0.15) is 4.90 Å². The molecule has 4 nitrogen and oxygen atoms in total. The second kappa shape index (κ2) is 6.10. The monoisotopic (exact) mass is 310 g/mol. The lowest BCUT2D eigenvalue weighted by molar-refractivity contribution is 0.459. The predicted molar refractivity (Wildman–Crippen MR) is 75.6 cm³/mol. The number of sulfonamides is 1. The van der Waals surface area contributed by atoms with Crippen LogP contribution >= 0.6 is 23.2 Å². The maximum atomic E-state index is 12.3. The summed E-state index contributed by atoms with van der Waals surface area (Å²) >= 11 is 11.7. The number of rotatable bonds is 5. The lowest BCUT2D eigenvalue weighted by Gasteiger charge is -2.19. The molecule has 0 heterocycles. The van der Waals surface area contributed by atoms with Crippen LogP contribution in [0.2, 0.25) is 10.0 Å². The normalized spacial score (nSPS) is 12.1. The molecule has 0 aliphatic rings. The summed E-state index contributed by atoms with van der Waals surface area (Å²) in [5.41, 5.74) is 5.77. The summed E-state index contributed by atoms with van der Waals surface area (Å²) in [5.74, 6) is 0. The smallest absolute Gasteiger partial charge is 0.246 e. The maximum absolute atomic E-state index is 12.3. The molecule has 0 atom stereocenters. The van der Waals surface area contributed by atoms with E-state index >= 15 is 0 Å². The molecular formula is C11H16Cl2N2O2S. The van der Waals surface area contributed by atoms with Crippen LogP contribution in [0, 0.1) is 0 Å². The lowest BCUT2D eigenvalue weighted by atomic mass is 10.3. The number of halogens is 2. The number of nitrogen functional groups attached to an aromatic ring is 1. The van der Waals surface area contributed by atoms with Crippen LogP contribution in [0.5, 0.6) is 0 Å². The van der Waals surface area contributed by atoms with Crippen LogP contribution in [-0.4, -0.2) is 26.3 Å². The highest BCUT2D eigenvalue weighted by Gasteiger charge is 2.26. The minimum Gasteiger partial charge on any atom is -0.398 e. The average Bonchev–Trinajstić information content (AvgIpc) is 2.23. The van der Waals surface area contributed by atoms with Crippen molar-refractivity contribution in [3.63, 3.8) is 0 Å². The number of nitrogens with two attached hydrogens (primary N) is 1. The molecule has 0 amide bonds. The summed E-state index contributed by atoms with van der Waals surface area (Å²) in [4.78, 5) is -0.0767. The van der Waals surface area contributed by atoms with Gasteiger partial charge >= 0.3 is 0 Å². The van der Waals surface area contributed by atoms with E-state index in [0.717, 1.165) is 12.8 Å². The summed E-state index contributed by atoms with van der Waals surface area (Å²) in [6.45, 7) is 2.42. The topological polar surface area (TPSA) is 63.4 Å². The molecule has 2 N–H and O–H groups in total. The summed E-state index contributed by atoms with van der Waals surface area (Å²) in [5, 5.41) is 0.357. The van der Waals surface area contributed by atoms with Gasteiger partial charge < -0.3 is 5.73 Å². The van der Waals surface area contributed by atoms with Crippen molar-refractivity contribution in [1.82, 2.24) is 4.31 Å². The van der Waals surface area contributed by atoms with Gasteiger partial charge in [-0.05, 0) is 18.6 Å². The van der Waals surface area contributed by atoms with E-state index in [0.29, 0.717) is 11.6 Å². The van der Waals surface area contributed by atoms with Crippen LogP contribution in [0.1, 0.15) is 19.8 Å². The average molecular weight is 311 g/mol. The van der Waals surface area contributed by atoms with Crippen molar-refractivity contribution in [3.8, 4) is 0 Å². The predicted octanol–water partition coefficient (Wildman–Crippen LogP) is 3.00. The van der Waals surface area contributed by atoms with Gasteiger partial charge in [-0.1, -0.05) is 36.5 Å². The molecule has 0 aliphatic heterocycles. The van der Waals surface area contributed by atoms with Crippen molar-refractivity contribution in [2.24, 2.45) is 0 Å². The first kappa shape index (κ1) is 15.6. The third-order valence-electron chi connectivity index (χ3n) is 2.53. The Bertz CT molecular complexity index is 509. The molecular weight excluding hydrogens is 295 g/mol. The van der Waals surface area contributed by atoms with E-state index < -0.39 is 10.0 Å². The minimum atomic E-state index is -3.67. The van der Waals surface area contributed by atoms with Gasteiger partial charge in [0.05, 0.1) is 10.7 Å². The number of anilines is 1. The van der Waals surface area contributed by atoms with Crippen LogP contribution in [0.15, 0.2) is 17.0 Å². The van der Waals surface area contributed by atoms with Crippen LogP contribution < -0.4 is 5.73 Å². The van der Waals surface area contributed by atoms with Gasteiger partial charge in [0.15, 0.2) is 0 Å². The molecule has 1 aromatic rings. The summed E-state index contributed by atoms with van der Waals surface area (Å²) in [7, 11) is -2.16. The summed E-state index contributed by atoms with van der Waals surface area (Å²) in [6, 6.07) is 2.76. The molecule has 0 saturated carbocycles. The van der Waals surface area contributed by atoms with Crippen molar-refractivity contribution in [2.75, 3.05) is 19.3 Å². The molecule has 0 fully saturated rings. The highest BCUT2D eigenvalue weighted by Crippen LogP contribution is 2.32. The van der Waals surface area contributed by atoms with E-state index in [1.165, 1.54) is 23.5 Å². The Hall–Kier alpha value is -0.490. The van der Waals surface area contributed by atoms with Crippen molar-refractivity contribution >= 4 is 38.9 Å². The summed E-state index contributed by atoms with van der Waals surface area (Å²) in [6.07, 6.45) is 1.69. The lowest BCUT2D eigenvalue weighted by Crippen LogP contribution is -2.28. The van der Waals surface area contributed by atoms with Crippen LogP contribution in [0.4, 0.5) is 5.69 Å². The molecule has 18 heavy (non-hydrogen) atoms. The Morgan fingerprint density at radius 2 is 1.94 bits per heavy atom. The number of benzene rings is 1. The fourth-order valence-corrected chi connectivity index (χ4v) is 3.65. The number of nitrogens with zero attached hydrogens (tertiary/aromatic N) is 1. The van der Waals surface area contributed by atoms with Crippen LogP contribution in [0.25, 0.3) is 0 Å². The Kier molecular flexibility index (Phi) is 5.28. The van der Waals surface area contributed by atoms with Crippen LogP contribution in [0.3, 0.4) is 0 Å². The number of unbranched alkanes of at least 4 members (excludes halogenated alkanes) is 1. The van der Waals surface area contributed by atoms with E-state index in [1.807, 2.05) is 6.92 Å². The first-order valence-electron chi connectivity index (χ1n) is 5.51. The zero-order chi connectivity index (χ0) is 13.9. The SMILES string of the molecule is CCCCN(C)S(=O)(=O)c1c(N)cc(Cl)cc1Cl. The molecule has 1 aromatic carbocycles. The molecule has 0 spiro atoms. The van der Waals surface area contributed by atoms with E-state index in [2.05, 4.69) is 0 Å². The van der Waals surface area contributed by atoms with Crippen molar-refractivity contribution in [1.29, 1.82) is 0 Å². The van der Waals surface area contributed by atoms with Crippen molar-refractivity contribution < 1.29 is 8.42 Å². The summed E-state index contributed by atoms with van der Waals surface area (Å²) < 4.78 is 25.9. The molecule has 7 heteroatoms. The van der Waals surface area contributed by atoms with Gasteiger partial charge in [0.25, 0.3) is 0 Å². The van der Waals surface area contributed by atoms with E-state index in [4.69, 9.17) is 28.9 Å². The molecule has 0 bridgehead atoms. The number of hydrogen-bond donors (Lipinski definition) is 1. The second-order valence-electron chi connectivity index (χ2n) is 3.99. The third-order valence-corrected chi connectivity index (χ3v) is 5.14. The van der Waals surface area contributed by atoms with Gasteiger partial charge in [0.2, 0.25) is 10.0 Å². The van der Waals surface area contributed by atoms with Gasteiger partial charge in [-0.25, -0.2) is 12.7 Å². The number of hydrogen-bond acceptors (Lipinski definition) is 3. The Balaban J connectivity index is 3.20. The van der Waals surface area contributed by atoms with Gasteiger partial charge in [-0.3, -0.25) is 0 Å². The molecule has 0 radical (unpaired) electrons. The van der Waals surface area contributed by atoms with Crippen molar-refractivity contribution in [2.45, 2.75) is 24.7 Å². The molecule has 0 saturated heterocycles. The van der Waals surface area contributed by atoms with E-state index in [9.17, 15) is 8.42 Å². The van der Waals surface area contributed by atoms with E-state index in [-0.39, 0.29) is 15.6 Å². The molecule has 0 aromatic heterocycles. The van der Waals surface area contributed by atoms with Crippen molar-refractivity contribution in [3.05, 3.63) is 22.2 Å². The van der Waals surface area contributed by atoms with Gasteiger partial charge in [-0.15, -0.1) is 0 Å². The molecule has 1 rings (SSSR count). The fraction of sp³-hybridized carbons (Fsp3) is 0.455. The quantitative estimate of drug-likeness (QED) is 0.850. The third kappa shape index (κ3) is 3.29. The highest BCUT2D eigenvalue weighted by molar-refractivity contribution is 7.89. The maximum Gasteiger partial charge on any atom is 0.246 e. The Morgan fingerprint density at radius 1 is 1.33 bits per heavy atom. The zero-order valence-electron chi connectivity index (χ0n) is 10.3. The first-order valence-corrected chi connectivity index (χ1v) is 7.71. The van der Waals surface area contributed by atoms with Gasteiger partial charge in [0, 0.05) is 18.6 Å². The molecule has 0 unspecified atom stereocenters. The first-order chi connectivity index (χ1) is 8.30. The van der Waals surface area contributed by atoms with Crippen LogP contribution in [-0.2, 0) is 10.0 Å². The Morgan fingerprint density at radius 3 is 2.44 bits per heavy atom. The fourth-order valence-electron chi connectivity index (χ4n) is 1.51. The molecule has 0 aliphatic carbocycles. The largest absolute Gasteiger partial charge is 0.398 e. The van der Waals surface area contributed by atoms with E-state index in [1.54, 1.807) is 0 Å². The zero-order valence-corrected chi connectivity index (χ0v) is 12.6. The molecule has 102 valence electrons. The second-order valence-corrected chi connectivity index (χ2v) is 6.81. The van der Waals surface area contributed by atoms with Gasteiger partial charge in [-0.2, -0.15) is 0 Å².